The zero-order valence-corrected chi connectivity index (χ0v) is 16.5. The molecular weight excluding hydrogens is 340 g/mol. The second-order valence-corrected chi connectivity index (χ2v) is 8.65. The molecular formula is C19H28O5S. The largest absolute Gasteiger partial charge is 0.462 e. The molecule has 1 rings (SSSR count). The molecule has 0 N–H and O–H groups in total. The van der Waals surface area contributed by atoms with E-state index in [2.05, 4.69) is 12.6 Å². The molecule has 0 aromatic heterocycles. The van der Waals surface area contributed by atoms with Crippen LogP contribution in [0.3, 0.4) is 0 Å². The van der Waals surface area contributed by atoms with Gasteiger partial charge in [0.2, 0.25) is 0 Å². The molecule has 140 valence electrons. The summed E-state index contributed by atoms with van der Waals surface area (Å²) in [6.45, 7) is 8.98. The molecule has 0 aliphatic heterocycles. The summed E-state index contributed by atoms with van der Waals surface area (Å²) >= 11 is 4.53. The first-order valence-electron chi connectivity index (χ1n) is 8.20. The van der Waals surface area contributed by atoms with Gasteiger partial charge in [0.05, 0.1) is 24.3 Å². The van der Waals surface area contributed by atoms with E-state index in [1.54, 1.807) is 24.3 Å². The molecule has 0 atom stereocenters. The predicted molar refractivity (Wildman–Crippen MR) is 100 cm³/mol. The average molecular weight is 368 g/mol. The van der Waals surface area contributed by atoms with Gasteiger partial charge in [0.1, 0.15) is 6.61 Å². The molecule has 25 heavy (non-hydrogen) atoms. The summed E-state index contributed by atoms with van der Waals surface area (Å²) in [6, 6.07) is 6.22. The molecule has 1 aromatic rings. The van der Waals surface area contributed by atoms with Crippen LogP contribution in [0.5, 0.6) is 0 Å². The van der Waals surface area contributed by atoms with Crippen molar-refractivity contribution < 1.29 is 23.8 Å². The topological polar surface area (TPSA) is 61.8 Å². The van der Waals surface area contributed by atoms with Crippen molar-refractivity contribution in [3.8, 4) is 0 Å². The summed E-state index contributed by atoms with van der Waals surface area (Å²) in [5.41, 5.74) is 0.602. The van der Waals surface area contributed by atoms with Crippen molar-refractivity contribution in [2.45, 2.75) is 38.9 Å². The van der Waals surface area contributed by atoms with Crippen LogP contribution in [0, 0.1) is 5.41 Å². The Hall–Kier alpha value is -1.53. The first-order valence-corrected chi connectivity index (χ1v) is 8.64. The number of ether oxygens (including phenoxy) is 3. The van der Waals surface area contributed by atoms with Gasteiger partial charge in [-0.25, -0.2) is 9.59 Å². The Bertz CT molecular complexity index is 572. The minimum absolute atomic E-state index is 0.138. The Balaban J connectivity index is 2.58. The number of hydrogen-bond donors (Lipinski definition) is 1. The summed E-state index contributed by atoms with van der Waals surface area (Å²) < 4.78 is 15.1. The number of rotatable bonds is 9. The van der Waals surface area contributed by atoms with Crippen molar-refractivity contribution >= 4 is 24.6 Å². The number of esters is 2. The highest BCUT2D eigenvalue weighted by Crippen LogP contribution is 2.32. The van der Waals surface area contributed by atoms with E-state index in [0.717, 1.165) is 6.42 Å². The van der Waals surface area contributed by atoms with E-state index in [1.807, 2.05) is 27.7 Å². The maximum Gasteiger partial charge on any atom is 0.338 e. The van der Waals surface area contributed by atoms with Gasteiger partial charge in [-0.3, -0.25) is 0 Å². The molecule has 0 bridgehead atoms. The Morgan fingerprint density at radius 2 is 1.40 bits per heavy atom. The molecule has 0 saturated heterocycles. The molecule has 0 saturated carbocycles. The number of carbonyl (C=O) groups is 2. The lowest BCUT2D eigenvalue weighted by molar-refractivity contribution is 0.0313. The quantitative estimate of drug-likeness (QED) is 0.408. The van der Waals surface area contributed by atoms with Crippen molar-refractivity contribution in [3.05, 3.63) is 35.4 Å². The first kappa shape index (κ1) is 21.5. The number of benzene rings is 1. The standard InChI is InChI=1S/C19H28O5S/c1-18(2,12-19(3,4)25)13-24-17(21)15-8-6-14(7-9-15)16(20)23-11-10-22-5/h6-9,25H,10-13H2,1-5H3. The van der Waals surface area contributed by atoms with E-state index in [9.17, 15) is 9.59 Å². The van der Waals surface area contributed by atoms with Crippen molar-refractivity contribution in [2.24, 2.45) is 5.41 Å². The minimum Gasteiger partial charge on any atom is -0.462 e. The fraction of sp³-hybridized carbons (Fsp3) is 0.579. The second kappa shape index (κ2) is 9.25. The maximum absolute atomic E-state index is 12.2. The van der Waals surface area contributed by atoms with E-state index < -0.39 is 11.9 Å². The summed E-state index contributed by atoms with van der Waals surface area (Å²) in [4.78, 5) is 24.0. The van der Waals surface area contributed by atoms with Crippen LogP contribution in [0.25, 0.3) is 0 Å². The van der Waals surface area contributed by atoms with Crippen LogP contribution in [0.4, 0.5) is 0 Å². The SMILES string of the molecule is COCCOC(=O)c1ccc(C(=O)OCC(C)(C)CC(C)(C)S)cc1. The Kier molecular flexibility index (Phi) is 7.96. The van der Waals surface area contributed by atoms with Crippen LogP contribution in [0.1, 0.15) is 54.8 Å². The van der Waals surface area contributed by atoms with Crippen molar-refractivity contribution in [3.63, 3.8) is 0 Å². The van der Waals surface area contributed by atoms with Crippen LogP contribution in [-0.2, 0) is 14.2 Å². The van der Waals surface area contributed by atoms with Gasteiger partial charge >= 0.3 is 11.9 Å². The summed E-state index contributed by atoms with van der Waals surface area (Å²) in [7, 11) is 1.53. The van der Waals surface area contributed by atoms with Gasteiger partial charge in [-0.15, -0.1) is 0 Å². The number of carbonyl (C=O) groups excluding carboxylic acids is 2. The molecule has 0 fully saturated rings. The van der Waals surface area contributed by atoms with E-state index >= 15 is 0 Å². The van der Waals surface area contributed by atoms with Gasteiger partial charge < -0.3 is 14.2 Å². The highest BCUT2D eigenvalue weighted by Gasteiger charge is 2.27. The average Bonchev–Trinajstić information content (AvgIpc) is 2.51. The molecule has 5 nitrogen and oxygen atoms in total. The molecule has 0 amide bonds. The van der Waals surface area contributed by atoms with Crippen LogP contribution in [0.15, 0.2) is 24.3 Å². The van der Waals surface area contributed by atoms with E-state index in [1.165, 1.54) is 7.11 Å². The third-order valence-corrected chi connectivity index (χ3v) is 3.54. The molecule has 0 radical (unpaired) electrons. The van der Waals surface area contributed by atoms with Crippen molar-refractivity contribution in [1.82, 2.24) is 0 Å². The normalized spacial score (nSPS) is 11.9. The van der Waals surface area contributed by atoms with Crippen molar-refractivity contribution in [2.75, 3.05) is 26.9 Å². The summed E-state index contributed by atoms with van der Waals surface area (Å²) in [6.07, 6.45) is 0.808. The lowest BCUT2D eigenvalue weighted by Gasteiger charge is -2.31. The van der Waals surface area contributed by atoms with Gasteiger partial charge in [-0.1, -0.05) is 27.7 Å². The van der Waals surface area contributed by atoms with Crippen molar-refractivity contribution in [1.29, 1.82) is 0 Å². The number of methoxy groups -OCH3 is 1. The third-order valence-electron chi connectivity index (χ3n) is 3.38. The fourth-order valence-electron chi connectivity index (χ4n) is 2.61. The van der Waals surface area contributed by atoms with Gasteiger partial charge in [0.15, 0.2) is 0 Å². The molecule has 1 aromatic carbocycles. The predicted octanol–water partition coefficient (Wildman–Crippen LogP) is 3.77. The minimum atomic E-state index is -0.450. The highest BCUT2D eigenvalue weighted by molar-refractivity contribution is 7.81. The second-order valence-electron chi connectivity index (χ2n) is 7.44. The smallest absolute Gasteiger partial charge is 0.338 e. The monoisotopic (exact) mass is 368 g/mol. The lowest BCUT2D eigenvalue weighted by Crippen LogP contribution is -2.29. The molecule has 0 aliphatic rings. The van der Waals surface area contributed by atoms with Crippen LogP contribution in [0.2, 0.25) is 0 Å². The van der Waals surface area contributed by atoms with Crippen LogP contribution < -0.4 is 0 Å². The molecule has 0 heterocycles. The Morgan fingerprint density at radius 3 is 1.84 bits per heavy atom. The van der Waals surface area contributed by atoms with E-state index in [-0.39, 0.29) is 16.8 Å². The highest BCUT2D eigenvalue weighted by atomic mass is 32.1. The van der Waals surface area contributed by atoms with E-state index in [4.69, 9.17) is 14.2 Å². The van der Waals surface area contributed by atoms with Crippen LogP contribution >= 0.6 is 12.6 Å². The molecule has 0 aliphatic carbocycles. The zero-order chi connectivity index (χ0) is 19.1. The summed E-state index contributed by atoms with van der Waals surface area (Å²) in [5, 5.41) is 0. The van der Waals surface area contributed by atoms with Gasteiger partial charge in [0.25, 0.3) is 0 Å². The Labute approximate surface area is 155 Å². The van der Waals surface area contributed by atoms with Gasteiger partial charge in [-0.2, -0.15) is 12.6 Å². The van der Waals surface area contributed by atoms with Gasteiger partial charge in [-0.05, 0) is 30.7 Å². The maximum atomic E-state index is 12.2. The summed E-state index contributed by atoms with van der Waals surface area (Å²) in [5.74, 6) is -0.863. The van der Waals surface area contributed by atoms with Gasteiger partial charge in [0, 0.05) is 17.3 Å². The van der Waals surface area contributed by atoms with E-state index in [0.29, 0.717) is 24.3 Å². The Morgan fingerprint density at radius 1 is 0.920 bits per heavy atom. The fourth-order valence-corrected chi connectivity index (χ4v) is 3.04. The molecule has 6 heteroatoms. The number of thiol groups is 1. The number of hydrogen-bond acceptors (Lipinski definition) is 6. The lowest BCUT2D eigenvalue weighted by atomic mass is 9.84. The molecule has 0 unspecified atom stereocenters. The third kappa shape index (κ3) is 8.40. The van der Waals surface area contributed by atoms with Crippen LogP contribution in [-0.4, -0.2) is 43.6 Å². The molecule has 0 spiro atoms. The first-order chi connectivity index (χ1) is 11.5. The zero-order valence-electron chi connectivity index (χ0n) is 15.6.